The summed E-state index contributed by atoms with van der Waals surface area (Å²) in [5.74, 6) is 0. The molecule has 2 unspecified atom stereocenters. The second-order valence-corrected chi connectivity index (χ2v) is 18.4. The molecule has 0 nitrogen and oxygen atoms in total. The number of hydrogen-bond acceptors (Lipinski definition) is 0. The number of hydrogen-bond donors (Lipinski definition) is 0. The van der Waals surface area contributed by atoms with E-state index in [1.807, 2.05) is 0 Å². The normalized spacial score (nSPS) is 13.6. The molecule has 0 radical (unpaired) electrons. The lowest BCUT2D eigenvalue weighted by molar-refractivity contribution is 0.619. The van der Waals surface area contributed by atoms with E-state index in [2.05, 4.69) is 41.5 Å². The summed E-state index contributed by atoms with van der Waals surface area (Å²) >= 11 is 0. The van der Waals surface area contributed by atoms with Gasteiger partial charge in [-0.05, 0) is 61.6 Å². The predicted molar refractivity (Wildman–Crippen MR) is 186 cm³/mol. The van der Waals surface area contributed by atoms with Crippen molar-refractivity contribution in [3.05, 3.63) is 0 Å². The molecule has 0 aromatic carbocycles. The fraction of sp³-hybridized carbons (Fsp3) is 1.00. The second kappa shape index (κ2) is 30.8. The maximum absolute atomic E-state index is 2.72. The first-order valence-corrected chi connectivity index (χ1v) is 21.7. The zero-order valence-corrected chi connectivity index (χ0v) is 29.6. The Balaban J connectivity index is 4.93. The Morgan fingerprint density at radius 2 is 0.474 bits per heavy atom. The maximum Gasteiger partial charge on any atom is -0.0173 e. The van der Waals surface area contributed by atoms with Crippen LogP contribution in [0.25, 0.3) is 0 Å². The minimum atomic E-state index is 0.220. The lowest BCUT2D eigenvalue weighted by Crippen LogP contribution is -2.21. The van der Waals surface area contributed by atoms with Crippen LogP contribution in [0, 0.1) is 0 Å². The van der Waals surface area contributed by atoms with Gasteiger partial charge in [0.05, 0.1) is 0 Å². The van der Waals surface area contributed by atoms with E-state index >= 15 is 0 Å². The molecule has 0 aromatic heterocycles. The van der Waals surface area contributed by atoms with Crippen molar-refractivity contribution in [3.8, 4) is 0 Å². The summed E-state index contributed by atoms with van der Waals surface area (Å²) in [7, 11) is 0.440. The molecule has 0 saturated heterocycles. The van der Waals surface area contributed by atoms with Crippen LogP contribution in [0.3, 0.4) is 0 Å². The fourth-order valence-electron chi connectivity index (χ4n) is 6.03. The Morgan fingerprint density at radius 1 is 0.289 bits per heavy atom. The van der Waals surface area contributed by atoms with Crippen molar-refractivity contribution in [1.82, 2.24) is 0 Å². The van der Waals surface area contributed by atoms with Gasteiger partial charge < -0.3 is 0 Å². The zero-order valence-electron chi connectivity index (χ0n) is 27.8. The van der Waals surface area contributed by atoms with E-state index in [9.17, 15) is 0 Å². The van der Waals surface area contributed by atoms with Crippen LogP contribution in [0.15, 0.2) is 0 Å². The van der Waals surface area contributed by atoms with E-state index in [-0.39, 0.29) is 15.8 Å². The summed E-state index contributed by atoms with van der Waals surface area (Å²) in [5.41, 5.74) is 2.00. The van der Waals surface area contributed by atoms with Gasteiger partial charge in [-0.1, -0.05) is 170 Å². The van der Waals surface area contributed by atoms with Gasteiger partial charge in [0.2, 0.25) is 0 Å². The monoisotopic (exact) mass is 571 g/mol. The Kier molecular flexibility index (Phi) is 31.5. The summed E-state index contributed by atoms with van der Waals surface area (Å²) in [6.45, 7) is 14.8. The summed E-state index contributed by atoms with van der Waals surface area (Å²) in [6.07, 6.45) is 41.5. The quantitative estimate of drug-likeness (QED) is 0.0574. The van der Waals surface area contributed by atoms with Crippen LogP contribution >= 0.6 is 15.8 Å². The van der Waals surface area contributed by atoms with Crippen LogP contribution < -0.4 is 0 Å². The molecule has 0 rings (SSSR count). The smallest absolute Gasteiger partial charge is 0.0173 e. The fourth-order valence-corrected chi connectivity index (χ4v) is 13.0. The first-order chi connectivity index (χ1) is 18.6. The molecular formula is C36H76P2. The lowest BCUT2D eigenvalue weighted by Gasteiger charge is -2.35. The molecule has 2 atom stereocenters. The highest BCUT2D eigenvalue weighted by Crippen LogP contribution is 2.54. The third kappa shape index (κ3) is 23.6. The molecule has 230 valence electrons. The van der Waals surface area contributed by atoms with Crippen molar-refractivity contribution in [2.24, 2.45) is 0 Å². The van der Waals surface area contributed by atoms with Crippen LogP contribution in [0.2, 0.25) is 0 Å². The molecule has 0 fully saturated rings. The molecule has 0 aliphatic rings. The van der Waals surface area contributed by atoms with Gasteiger partial charge in [0.1, 0.15) is 0 Å². The van der Waals surface area contributed by atoms with Gasteiger partial charge in [-0.2, -0.15) is 0 Å². The first-order valence-electron chi connectivity index (χ1n) is 18.1. The average Bonchev–Trinajstić information content (AvgIpc) is 2.93. The van der Waals surface area contributed by atoms with E-state index < -0.39 is 0 Å². The second-order valence-electron chi connectivity index (χ2n) is 12.6. The predicted octanol–water partition coefficient (Wildman–Crippen LogP) is 14.2. The Morgan fingerprint density at radius 3 is 0.684 bits per heavy atom. The number of unbranched alkanes of at least 4 members (excludes halogenated alkanes) is 20. The van der Waals surface area contributed by atoms with Crippen LogP contribution in [-0.2, 0) is 0 Å². The molecule has 0 aliphatic heterocycles. The summed E-state index contributed by atoms with van der Waals surface area (Å²) < 4.78 is 0. The van der Waals surface area contributed by atoms with Crippen molar-refractivity contribution >= 4 is 15.8 Å². The topological polar surface area (TPSA) is 0 Å². The summed E-state index contributed by atoms with van der Waals surface area (Å²) in [6, 6.07) is 0. The minimum absolute atomic E-state index is 0.220. The van der Waals surface area contributed by atoms with Crippen molar-refractivity contribution in [3.63, 3.8) is 0 Å². The van der Waals surface area contributed by atoms with Crippen molar-refractivity contribution in [2.45, 2.75) is 207 Å². The van der Waals surface area contributed by atoms with Gasteiger partial charge in [0.15, 0.2) is 0 Å². The Bertz CT molecular complexity index is 365. The molecule has 0 spiro atoms. The van der Waals surface area contributed by atoms with Gasteiger partial charge >= 0.3 is 0 Å². The van der Waals surface area contributed by atoms with E-state index in [0.717, 1.165) is 11.3 Å². The minimum Gasteiger partial charge on any atom is -0.103 e. The molecule has 38 heavy (non-hydrogen) atoms. The van der Waals surface area contributed by atoms with Crippen LogP contribution in [0.5, 0.6) is 0 Å². The molecule has 0 aromatic rings. The third-order valence-electron chi connectivity index (χ3n) is 9.05. The van der Waals surface area contributed by atoms with Gasteiger partial charge in [-0.25, -0.2) is 0 Å². The van der Waals surface area contributed by atoms with Crippen molar-refractivity contribution in [2.75, 3.05) is 24.6 Å². The molecule has 0 heterocycles. The Hall–Kier alpha value is 0.860. The summed E-state index contributed by atoms with van der Waals surface area (Å²) in [5, 5.41) is 0. The van der Waals surface area contributed by atoms with Crippen LogP contribution in [0.4, 0.5) is 0 Å². The highest BCUT2D eigenvalue weighted by Gasteiger charge is 2.27. The van der Waals surface area contributed by atoms with E-state index in [0.29, 0.717) is 0 Å². The van der Waals surface area contributed by atoms with E-state index in [1.54, 1.807) is 24.6 Å². The first kappa shape index (κ1) is 38.9. The molecular weight excluding hydrogens is 494 g/mol. The van der Waals surface area contributed by atoms with Gasteiger partial charge in [-0.3, -0.25) is 0 Å². The molecule has 0 saturated carbocycles. The Labute approximate surface area is 247 Å². The van der Waals surface area contributed by atoms with Crippen LogP contribution in [-0.4, -0.2) is 36.0 Å². The molecule has 0 aliphatic carbocycles. The van der Waals surface area contributed by atoms with E-state index in [1.165, 1.54) is 154 Å². The SMILES string of the molecule is CCCCCCCCP(CCCCCCCC)C(C)C(C)P(CCCCCCCC)CCCCCCCC. The van der Waals surface area contributed by atoms with Crippen molar-refractivity contribution < 1.29 is 0 Å². The van der Waals surface area contributed by atoms with Gasteiger partial charge in [0.25, 0.3) is 0 Å². The van der Waals surface area contributed by atoms with Gasteiger partial charge in [-0.15, -0.1) is 15.8 Å². The van der Waals surface area contributed by atoms with Crippen LogP contribution in [0.1, 0.15) is 196 Å². The zero-order chi connectivity index (χ0) is 28.1. The molecule has 0 bridgehead atoms. The third-order valence-corrected chi connectivity index (χ3v) is 16.0. The molecule has 0 amide bonds. The largest absolute Gasteiger partial charge is 0.103 e. The lowest BCUT2D eigenvalue weighted by atomic mass is 10.1. The highest BCUT2D eigenvalue weighted by molar-refractivity contribution is 7.62. The van der Waals surface area contributed by atoms with Gasteiger partial charge in [0, 0.05) is 0 Å². The standard InChI is InChI=1S/C36H76P2/c1-7-11-15-19-23-27-31-37(32-28-24-20-16-12-8-2)35(5)36(6)38(33-29-25-21-17-13-9-3)34-30-26-22-18-14-10-4/h35-36H,7-34H2,1-6H3. The highest BCUT2D eigenvalue weighted by atomic mass is 31.1. The maximum atomic E-state index is 2.72. The summed E-state index contributed by atoms with van der Waals surface area (Å²) in [4.78, 5) is 0. The molecule has 0 N–H and O–H groups in total. The molecule has 2 heteroatoms. The van der Waals surface area contributed by atoms with E-state index in [4.69, 9.17) is 0 Å². The number of rotatable bonds is 31. The average molecular weight is 571 g/mol. The van der Waals surface area contributed by atoms with Crippen molar-refractivity contribution in [1.29, 1.82) is 0 Å².